The molecular formula is C18H21N5O3S. The molecule has 2 aromatic rings. The van der Waals surface area contributed by atoms with Gasteiger partial charge in [-0.25, -0.2) is 4.68 Å². The number of fused-ring (bicyclic) bond motifs is 1. The molecule has 1 amide bonds. The van der Waals surface area contributed by atoms with Crippen LogP contribution in [-0.4, -0.2) is 56.5 Å². The molecule has 1 aromatic carbocycles. The van der Waals surface area contributed by atoms with Gasteiger partial charge in [-0.2, -0.15) is 0 Å². The summed E-state index contributed by atoms with van der Waals surface area (Å²) in [4.78, 5) is 14.9. The summed E-state index contributed by atoms with van der Waals surface area (Å²) in [7, 11) is 0. The number of nitrogens with zero attached hydrogens (tertiary/aromatic N) is 5. The number of aromatic nitrogens is 4. The standard InChI is InChI=1S/C18H21N5O3S/c24-17(11-27-18-19-20-21-23(18)13-4-5-13)22-7-1-2-14(22)12-3-6-15-16(10-12)26-9-8-25-15/h3,6,10,13-14H,1-2,4-5,7-9,11H2/t14-/m0/s1. The lowest BCUT2D eigenvalue weighted by Crippen LogP contribution is -2.32. The summed E-state index contributed by atoms with van der Waals surface area (Å²) in [6.45, 7) is 1.93. The molecule has 1 atom stereocenters. The number of hydrogen-bond donors (Lipinski definition) is 0. The van der Waals surface area contributed by atoms with Crippen molar-refractivity contribution in [1.82, 2.24) is 25.1 Å². The average molecular weight is 387 g/mol. The number of carbonyl (C=O) groups is 1. The van der Waals surface area contributed by atoms with E-state index in [1.165, 1.54) is 11.8 Å². The monoisotopic (exact) mass is 387 g/mol. The topological polar surface area (TPSA) is 82.4 Å². The molecule has 0 bridgehead atoms. The van der Waals surface area contributed by atoms with Crippen LogP contribution in [-0.2, 0) is 4.79 Å². The first-order chi connectivity index (χ1) is 13.3. The molecule has 0 spiro atoms. The Kier molecular flexibility index (Phi) is 4.39. The maximum Gasteiger partial charge on any atom is 0.233 e. The average Bonchev–Trinajstić information content (AvgIpc) is 3.24. The van der Waals surface area contributed by atoms with E-state index in [0.717, 1.165) is 54.4 Å². The first-order valence-corrected chi connectivity index (χ1v) is 10.4. The molecule has 2 aliphatic heterocycles. The van der Waals surface area contributed by atoms with Crippen LogP contribution in [0.2, 0.25) is 0 Å². The number of benzene rings is 1. The third-order valence-corrected chi connectivity index (χ3v) is 6.12. The predicted octanol–water partition coefficient (Wildman–Crippen LogP) is 2.24. The fourth-order valence-electron chi connectivity index (χ4n) is 3.72. The first kappa shape index (κ1) is 16.9. The van der Waals surface area contributed by atoms with Crippen molar-refractivity contribution in [2.24, 2.45) is 0 Å². The number of likely N-dealkylation sites (tertiary alicyclic amines) is 1. The van der Waals surface area contributed by atoms with E-state index in [1.807, 2.05) is 27.8 Å². The molecule has 9 heteroatoms. The highest BCUT2D eigenvalue weighted by Gasteiger charge is 2.32. The van der Waals surface area contributed by atoms with Gasteiger partial charge in [0.1, 0.15) is 13.2 Å². The molecule has 1 aliphatic carbocycles. The van der Waals surface area contributed by atoms with Gasteiger partial charge < -0.3 is 14.4 Å². The summed E-state index contributed by atoms with van der Waals surface area (Å²) in [6, 6.07) is 6.52. The van der Waals surface area contributed by atoms with Gasteiger partial charge in [0.15, 0.2) is 11.5 Å². The Balaban J connectivity index is 1.27. The minimum Gasteiger partial charge on any atom is -0.486 e. The van der Waals surface area contributed by atoms with E-state index in [9.17, 15) is 4.79 Å². The summed E-state index contributed by atoms with van der Waals surface area (Å²) >= 11 is 1.43. The highest BCUT2D eigenvalue weighted by Crippen LogP contribution is 2.39. The van der Waals surface area contributed by atoms with Crippen LogP contribution in [0, 0.1) is 0 Å². The third kappa shape index (κ3) is 3.36. The lowest BCUT2D eigenvalue weighted by atomic mass is 10.0. The first-order valence-electron chi connectivity index (χ1n) is 9.39. The zero-order valence-electron chi connectivity index (χ0n) is 14.9. The van der Waals surface area contributed by atoms with Crippen LogP contribution in [0.25, 0.3) is 0 Å². The van der Waals surface area contributed by atoms with Crippen molar-refractivity contribution in [2.75, 3.05) is 25.5 Å². The highest BCUT2D eigenvalue weighted by molar-refractivity contribution is 7.99. The number of hydrogen-bond acceptors (Lipinski definition) is 7. The van der Waals surface area contributed by atoms with Crippen LogP contribution in [0.15, 0.2) is 23.4 Å². The zero-order chi connectivity index (χ0) is 18.2. The Morgan fingerprint density at radius 2 is 2.04 bits per heavy atom. The summed E-state index contributed by atoms with van der Waals surface area (Å²) in [5, 5.41) is 12.6. The summed E-state index contributed by atoms with van der Waals surface area (Å²) in [6.07, 6.45) is 4.21. The quantitative estimate of drug-likeness (QED) is 0.728. The van der Waals surface area contributed by atoms with Crippen molar-refractivity contribution < 1.29 is 14.3 Å². The van der Waals surface area contributed by atoms with Crippen molar-refractivity contribution in [3.63, 3.8) is 0 Å². The van der Waals surface area contributed by atoms with Crippen molar-refractivity contribution in [3.05, 3.63) is 23.8 Å². The van der Waals surface area contributed by atoms with Gasteiger partial charge in [-0.3, -0.25) is 4.79 Å². The van der Waals surface area contributed by atoms with Gasteiger partial charge >= 0.3 is 0 Å². The van der Waals surface area contributed by atoms with E-state index in [2.05, 4.69) is 15.5 Å². The molecule has 8 nitrogen and oxygen atoms in total. The molecule has 2 fully saturated rings. The molecule has 27 heavy (non-hydrogen) atoms. The number of rotatable bonds is 5. The molecule has 0 unspecified atom stereocenters. The number of thioether (sulfide) groups is 1. The molecule has 142 valence electrons. The van der Waals surface area contributed by atoms with E-state index >= 15 is 0 Å². The minimum atomic E-state index is 0.0911. The Morgan fingerprint density at radius 1 is 1.19 bits per heavy atom. The second kappa shape index (κ2) is 7.03. The van der Waals surface area contributed by atoms with Crippen LogP contribution >= 0.6 is 11.8 Å². The van der Waals surface area contributed by atoms with E-state index in [1.54, 1.807) is 0 Å². The number of amides is 1. The number of tetrazole rings is 1. The molecule has 1 saturated heterocycles. The third-order valence-electron chi connectivity index (χ3n) is 5.20. The molecular weight excluding hydrogens is 366 g/mol. The van der Waals surface area contributed by atoms with Crippen molar-refractivity contribution in [3.8, 4) is 11.5 Å². The predicted molar refractivity (Wildman–Crippen MR) is 97.9 cm³/mol. The van der Waals surface area contributed by atoms with Crippen LogP contribution < -0.4 is 9.47 Å². The van der Waals surface area contributed by atoms with Crippen LogP contribution in [0.1, 0.15) is 43.3 Å². The second-order valence-electron chi connectivity index (χ2n) is 7.07. The molecule has 3 heterocycles. The molecule has 5 rings (SSSR count). The van der Waals surface area contributed by atoms with Crippen LogP contribution in [0.3, 0.4) is 0 Å². The summed E-state index contributed by atoms with van der Waals surface area (Å²) in [5.41, 5.74) is 1.11. The lowest BCUT2D eigenvalue weighted by Gasteiger charge is -2.26. The molecule has 1 saturated carbocycles. The van der Waals surface area contributed by atoms with E-state index < -0.39 is 0 Å². The van der Waals surface area contributed by atoms with Gasteiger partial charge in [-0.05, 0) is 53.8 Å². The maximum absolute atomic E-state index is 12.9. The van der Waals surface area contributed by atoms with Gasteiger partial charge in [0.25, 0.3) is 0 Å². The Bertz CT molecular complexity index is 853. The number of carbonyl (C=O) groups excluding carboxylic acids is 1. The maximum atomic E-state index is 12.9. The Morgan fingerprint density at radius 3 is 2.89 bits per heavy atom. The Hall–Kier alpha value is -2.29. The van der Waals surface area contributed by atoms with Gasteiger partial charge in [0, 0.05) is 6.54 Å². The fraction of sp³-hybridized carbons (Fsp3) is 0.556. The molecule has 0 radical (unpaired) electrons. The van der Waals surface area contributed by atoms with E-state index in [0.29, 0.717) is 25.0 Å². The van der Waals surface area contributed by atoms with Crippen molar-refractivity contribution >= 4 is 17.7 Å². The zero-order valence-corrected chi connectivity index (χ0v) is 15.7. The van der Waals surface area contributed by atoms with Crippen molar-refractivity contribution in [1.29, 1.82) is 0 Å². The number of ether oxygens (including phenoxy) is 2. The van der Waals surface area contributed by atoms with Gasteiger partial charge in [0.05, 0.1) is 17.8 Å². The van der Waals surface area contributed by atoms with Crippen LogP contribution in [0.5, 0.6) is 11.5 Å². The largest absolute Gasteiger partial charge is 0.486 e. The molecule has 3 aliphatic rings. The summed E-state index contributed by atoms with van der Waals surface area (Å²) < 4.78 is 13.1. The second-order valence-corrected chi connectivity index (χ2v) is 8.02. The van der Waals surface area contributed by atoms with E-state index in [-0.39, 0.29) is 11.9 Å². The van der Waals surface area contributed by atoms with Gasteiger partial charge in [0.2, 0.25) is 11.1 Å². The van der Waals surface area contributed by atoms with Gasteiger partial charge in [-0.15, -0.1) is 5.10 Å². The normalized spacial score (nSPS) is 21.5. The summed E-state index contributed by atoms with van der Waals surface area (Å²) in [5.74, 6) is 2.04. The highest BCUT2D eigenvalue weighted by atomic mass is 32.2. The van der Waals surface area contributed by atoms with Crippen LogP contribution in [0.4, 0.5) is 0 Å². The van der Waals surface area contributed by atoms with Gasteiger partial charge in [-0.1, -0.05) is 17.8 Å². The lowest BCUT2D eigenvalue weighted by molar-refractivity contribution is -0.129. The smallest absolute Gasteiger partial charge is 0.233 e. The Labute approximate surface area is 161 Å². The van der Waals surface area contributed by atoms with E-state index in [4.69, 9.17) is 9.47 Å². The molecule has 1 aromatic heterocycles. The van der Waals surface area contributed by atoms with Crippen molar-refractivity contribution in [2.45, 2.75) is 42.9 Å². The molecule has 0 N–H and O–H groups in total. The SMILES string of the molecule is O=C(CSc1nnnn1C1CC1)N1CCC[C@H]1c1ccc2c(c1)OCCO2. The minimum absolute atomic E-state index is 0.0911. The fourth-order valence-corrected chi connectivity index (χ4v) is 4.55.